The standard InChI is InChI=1S/C11H13FN2O2/c12-10-2-8(4-13)1-9(3-10)5-14-11(6-15)7-16/h1-3,11,14-16H,5-7H2. The van der Waals surface area contributed by atoms with Gasteiger partial charge in [0.2, 0.25) is 0 Å². The maximum absolute atomic E-state index is 13.0. The van der Waals surface area contributed by atoms with Gasteiger partial charge in [0.15, 0.2) is 0 Å². The molecule has 0 amide bonds. The van der Waals surface area contributed by atoms with Crippen molar-refractivity contribution in [2.24, 2.45) is 0 Å². The van der Waals surface area contributed by atoms with Crippen molar-refractivity contribution in [3.05, 3.63) is 35.1 Å². The zero-order chi connectivity index (χ0) is 12.0. The van der Waals surface area contributed by atoms with E-state index in [1.54, 1.807) is 6.07 Å². The van der Waals surface area contributed by atoms with Crippen molar-refractivity contribution in [3.8, 4) is 6.07 Å². The molecule has 1 aromatic carbocycles. The number of halogens is 1. The van der Waals surface area contributed by atoms with Gasteiger partial charge in [-0.3, -0.25) is 0 Å². The fraction of sp³-hybridized carbons (Fsp3) is 0.364. The molecule has 0 saturated heterocycles. The molecule has 0 fully saturated rings. The number of rotatable bonds is 5. The van der Waals surface area contributed by atoms with E-state index in [0.29, 0.717) is 5.56 Å². The summed E-state index contributed by atoms with van der Waals surface area (Å²) in [6.45, 7) is -0.105. The number of nitrogens with zero attached hydrogens (tertiary/aromatic N) is 1. The lowest BCUT2D eigenvalue weighted by Gasteiger charge is -2.13. The molecule has 1 aromatic rings. The van der Waals surface area contributed by atoms with Crippen molar-refractivity contribution >= 4 is 0 Å². The van der Waals surface area contributed by atoms with E-state index in [9.17, 15) is 4.39 Å². The van der Waals surface area contributed by atoms with Crippen LogP contribution in [0.5, 0.6) is 0 Å². The molecule has 0 spiro atoms. The summed E-state index contributed by atoms with van der Waals surface area (Å²) in [6, 6.07) is 5.44. The van der Waals surface area contributed by atoms with Gasteiger partial charge in [-0.1, -0.05) is 0 Å². The zero-order valence-corrected chi connectivity index (χ0v) is 8.65. The predicted octanol–water partition coefficient (Wildman–Crippen LogP) is 0.140. The summed E-state index contributed by atoms with van der Waals surface area (Å²) in [5, 5.41) is 29.1. The minimum atomic E-state index is -0.472. The highest BCUT2D eigenvalue weighted by atomic mass is 19.1. The molecule has 86 valence electrons. The molecule has 0 aliphatic rings. The molecule has 0 atom stereocenters. The molecule has 0 aliphatic heterocycles. The zero-order valence-electron chi connectivity index (χ0n) is 8.65. The van der Waals surface area contributed by atoms with Gasteiger partial charge in [-0.25, -0.2) is 4.39 Å². The van der Waals surface area contributed by atoms with Gasteiger partial charge in [0.25, 0.3) is 0 Å². The first-order chi connectivity index (χ1) is 7.69. The fourth-order valence-electron chi connectivity index (χ4n) is 1.27. The Bertz CT molecular complexity index is 386. The summed E-state index contributed by atoms with van der Waals surface area (Å²) in [5.74, 6) is -0.472. The average Bonchev–Trinajstić information content (AvgIpc) is 2.29. The number of nitrogens with one attached hydrogen (secondary N) is 1. The van der Waals surface area contributed by atoms with Crippen molar-refractivity contribution in [1.82, 2.24) is 5.32 Å². The van der Waals surface area contributed by atoms with Crippen molar-refractivity contribution in [3.63, 3.8) is 0 Å². The molecule has 0 radical (unpaired) electrons. The van der Waals surface area contributed by atoms with Crippen LogP contribution in [0.4, 0.5) is 4.39 Å². The molecule has 0 heterocycles. The molecular formula is C11H13FN2O2. The Hall–Kier alpha value is -1.48. The first-order valence-corrected chi connectivity index (χ1v) is 4.84. The van der Waals surface area contributed by atoms with Gasteiger partial charge in [0, 0.05) is 6.54 Å². The smallest absolute Gasteiger partial charge is 0.124 e. The monoisotopic (exact) mass is 224 g/mol. The fourth-order valence-corrected chi connectivity index (χ4v) is 1.27. The molecule has 3 N–H and O–H groups in total. The lowest BCUT2D eigenvalue weighted by Crippen LogP contribution is -2.35. The summed E-state index contributed by atoms with van der Waals surface area (Å²) >= 11 is 0. The van der Waals surface area contributed by atoms with Crippen molar-refractivity contribution < 1.29 is 14.6 Å². The highest BCUT2D eigenvalue weighted by Crippen LogP contribution is 2.08. The van der Waals surface area contributed by atoms with Crippen molar-refractivity contribution in [1.29, 1.82) is 5.26 Å². The van der Waals surface area contributed by atoms with Gasteiger partial charge in [-0.2, -0.15) is 5.26 Å². The van der Waals surface area contributed by atoms with Crippen molar-refractivity contribution in [2.45, 2.75) is 12.6 Å². The second-order valence-corrected chi connectivity index (χ2v) is 3.40. The second-order valence-electron chi connectivity index (χ2n) is 3.40. The van der Waals surface area contributed by atoms with E-state index in [1.165, 1.54) is 6.07 Å². The SMILES string of the molecule is N#Cc1cc(F)cc(CNC(CO)CO)c1. The number of benzene rings is 1. The van der Waals surface area contributed by atoms with Crippen LogP contribution in [0.1, 0.15) is 11.1 Å². The number of hydrogen-bond acceptors (Lipinski definition) is 4. The van der Waals surface area contributed by atoms with Gasteiger partial charge in [0.1, 0.15) is 5.82 Å². The molecule has 5 heteroatoms. The van der Waals surface area contributed by atoms with Crippen LogP contribution in [-0.2, 0) is 6.54 Å². The molecule has 0 unspecified atom stereocenters. The van der Waals surface area contributed by atoms with Crippen LogP contribution in [-0.4, -0.2) is 29.5 Å². The molecule has 0 bridgehead atoms. The van der Waals surface area contributed by atoms with E-state index in [2.05, 4.69) is 5.32 Å². The van der Waals surface area contributed by atoms with E-state index in [0.717, 1.165) is 6.07 Å². The normalized spacial score (nSPS) is 10.4. The van der Waals surface area contributed by atoms with Gasteiger partial charge in [-0.15, -0.1) is 0 Å². The Labute approximate surface area is 93.0 Å². The summed E-state index contributed by atoms with van der Waals surface area (Å²) in [4.78, 5) is 0. The molecule has 0 saturated carbocycles. The maximum Gasteiger partial charge on any atom is 0.124 e. The van der Waals surface area contributed by atoms with E-state index in [4.69, 9.17) is 15.5 Å². The largest absolute Gasteiger partial charge is 0.395 e. The highest BCUT2D eigenvalue weighted by Gasteiger charge is 2.06. The first-order valence-electron chi connectivity index (χ1n) is 4.84. The molecule has 4 nitrogen and oxygen atoms in total. The second kappa shape index (κ2) is 6.18. The minimum Gasteiger partial charge on any atom is -0.395 e. The maximum atomic E-state index is 13.0. The summed E-state index contributed by atoms with van der Waals surface area (Å²) in [7, 11) is 0. The number of nitriles is 1. The van der Waals surface area contributed by atoms with Gasteiger partial charge >= 0.3 is 0 Å². The van der Waals surface area contributed by atoms with E-state index >= 15 is 0 Å². The van der Waals surface area contributed by atoms with Crippen molar-refractivity contribution in [2.75, 3.05) is 13.2 Å². The lowest BCUT2D eigenvalue weighted by atomic mass is 10.1. The minimum absolute atomic E-state index is 0.197. The number of aliphatic hydroxyl groups excluding tert-OH is 2. The Morgan fingerprint density at radius 2 is 2.00 bits per heavy atom. The Balaban J connectivity index is 2.67. The number of hydrogen-bond donors (Lipinski definition) is 3. The van der Waals surface area contributed by atoms with Gasteiger partial charge < -0.3 is 15.5 Å². The van der Waals surface area contributed by atoms with E-state index in [1.807, 2.05) is 6.07 Å². The van der Waals surface area contributed by atoms with Crippen LogP contribution in [0.15, 0.2) is 18.2 Å². The third-order valence-corrected chi connectivity index (χ3v) is 2.12. The lowest BCUT2D eigenvalue weighted by molar-refractivity contribution is 0.170. The first kappa shape index (κ1) is 12.6. The van der Waals surface area contributed by atoms with Gasteiger partial charge in [0.05, 0.1) is 30.9 Å². The molecule has 0 aromatic heterocycles. The Kier molecular flexibility index (Phi) is 4.86. The predicted molar refractivity (Wildman–Crippen MR) is 55.9 cm³/mol. The molecule has 16 heavy (non-hydrogen) atoms. The third kappa shape index (κ3) is 3.59. The Morgan fingerprint density at radius 1 is 1.31 bits per heavy atom. The van der Waals surface area contributed by atoms with Crippen LogP contribution in [0, 0.1) is 17.1 Å². The molecular weight excluding hydrogens is 211 g/mol. The quantitative estimate of drug-likeness (QED) is 0.665. The van der Waals surface area contributed by atoms with E-state index in [-0.39, 0.29) is 25.3 Å². The van der Waals surface area contributed by atoms with Crippen LogP contribution in [0.3, 0.4) is 0 Å². The van der Waals surface area contributed by atoms with Crippen LogP contribution in [0.2, 0.25) is 0 Å². The van der Waals surface area contributed by atoms with Crippen LogP contribution in [0.25, 0.3) is 0 Å². The third-order valence-electron chi connectivity index (χ3n) is 2.12. The summed E-state index contributed by atoms with van der Waals surface area (Å²) in [5.41, 5.74) is 0.852. The summed E-state index contributed by atoms with van der Waals surface area (Å²) in [6.07, 6.45) is 0. The molecule has 1 rings (SSSR count). The van der Waals surface area contributed by atoms with Gasteiger partial charge in [-0.05, 0) is 23.8 Å². The molecule has 0 aliphatic carbocycles. The van der Waals surface area contributed by atoms with E-state index < -0.39 is 11.9 Å². The highest BCUT2D eigenvalue weighted by molar-refractivity contribution is 5.33. The topological polar surface area (TPSA) is 76.3 Å². The average molecular weight is 224 g/mol. The summed E-state index contributed by atoms with van der Waals surface area (Å²) < 4.78 is 13.0. The number of aliphatic hydroxyl groups is 2. The van der Waals surface area contributed by atoms with Crippen LogP contribution >= 0.6 is 0 Å². The Morgan fingerprint density at radius 3 is 2.56 bits per heavy atom. The van der Waals surface area contributed by atoms with Crippen LogP contribution < -0.4 is 5.32 Å².